The van der Waals surface area contributed by atoms with Gasteiger partial charge in [-0.15, -0.1) is 0 Å². The van der Waals surface area contributed by atoms with Gasteiger partial charge in [0.1, 0.15) is 5.82 Å². The summed E-state index contributed by atoms with van der Waals surface area (Å²) in [7, 11) is -0.953. The summed E-state index contributed by atoms with van der Waals surface area (Å²) in [6.07, 6.45) is 7.69. The minimum atomic E-state index is -3.04. The molecule has 1 aromatic rings. The van der Waals surface area contributed by atoms with Crippen LogP contribution in [0.3, 0.4) is 0 Å². The highest BCUT2D eigenvalue weighted by atomic mass is 32.2. The zero-order valence-electron chi connectivity index (χ0n) is 14.4. The summed E-state index contributed by atoms with van der Waals surface area (Å²) >= 11 is 0. The number of sulfonamides is 1. The van der Waals surface area contributed by atoms with E-state index in [1.165, 1.54) is 24.9 Å². The first-order chi connectivity index (χ1) is 10.8. The number of piperidine rings is 2. The smallest absolute Gasteiger partial charge is 0.211 e. The van der Waals surface area contributed by atoms with Crippen molar-refractivity contribution in [3.05, 3.63) is 17.7 Å². The largest absolute Gasteiger partial charge is 0.337 e. The molecule has 1 atom stereocenters. The normalized spacial score (nSPS) is 25.8. The number of aromatic nitrogens is 2. The highest BCUT2D eigenvalue weighted by Crippen LogP contribution is 2.29. The number of imidazole rings is 1. The van der Waals surface area contributed by atoms with Gasteiger partial charge >= 0.3 is 0 Å². The fourth-order valence-corrected chi connectivity index (χ4v) is 4.98. The van der Waals surface area contributed by atoms with Crippen LogP contribution in [-0.4, -0.2) is 65.7 Å². The Kier molecular flexibility index (Phi) is 4.80. The molecular weight excluding hydrogens is 312 g/mol. The van der Waals surface area contributed by atoms with Gasteiger partial charge in [0.25, 0.3) is 0 Å². The van der Waals surface area contributed by atoms with Gasteiger partial charge in [0.05, 0.1) is 11.9 Å². The van der Waals surface area contributed by atoms with E-state index in [-0.39, 0.29) is 0 Å². The van der Waals surface area contributed by atoms with Crippen LogP contribution in [0.4, 0.5) is 0 Å². The van der Waals surface area contributed by atoms with E-state index in [2.05, 4.69) is 22.7 Å². The molecule has 0 unspecified atom stereocenters. The van der Waals surface area contributed by atoms with E-state index in [4.69, 9.17) is 4.98 Å². The molecule has 23 heavy (non-hydrogen) atoms. The molecule has 3 rings (SSSR count). The van der Waals surface area contributed by atoms with Crippen LogP contribution in [0, 0.1) is 6.92 Å². The number of rotatable bonds is 3. The van der Waals surface area contributed by atoms with Crippen LogP contribution in [0.15, 0.2) is 6.20 Å². The lowest BCUT2D eigenvalue weighted by Crippen LogP contribution is -2.49. The van der Waals surface area contributed by atoms with Gasteiger partial charge in [-0.3, -0.25) is 4.90 Å². The molecule has 6 nitrogen and oxygen atoms in total. The first kappa shape index (κ1) is 16.9. The molecular formula is C16H28N4O2S. The van der Waals surface area contributed by atoms with Crippen molar-refractivity contribution in [1.29, 1.82) is 0 Å². The third-order valence-corrected chi connectivity index (χ3v) is 6.56. The minimum absolute atomic E-state index is 0.496. The van der Waals surface area contributed by atoms with Crippen LogP contribution in [0.1, 0.15) is 43.1 Å². The zero-order valence-corrected chi connectivity index (χ0v) is 15.2. The lowest BCUT2D eigenvalue weighted by molar-refractivity contribution is 0.105. The maximum atomic E-state index is 11.6. The van der Waals surface area contributed by atoms with Gasteiger partial charge in [0.15, 0.2) is 0 Å². The van der Waals surface area contributed by atoms with Crippen LogP contribution in [0.5, 0.6) is 0 Å². The maximum absolute atomic E-state index is 11.6. The minimum Gasteiger partial charge on any atom is -0.337 e. The molecule has 2 fully saturated rings. The van der Waals surface area contributed by atoms with Crippen LogP contribution < -0.4 is 0 Å². The standard InChI is InChI=1S/C16H28N4O2S/c1-13-11-18(2)16(17-13)14-5-4-8-19(12-14)15-6-9-20(10-7-15)23(3,21)22/h11,14-15H,4-10,12H2,1-3H3/t14-/m0/s1. The van der Waals surface area contributed by atoms with Crippen LogP contribution >= 0.6 is 0 Å². The fourth-order valence-electron chi connectivity index (χ4n) is 4.10. The fraction of sp³-hybridized carbons (Fsp3) is 0.812. The summed E-state index contributed by atoms with van der Waals surface area (Å²) in [5.74, 6) is 1.69. The summed E-state index contributed by atoms with van der Waals surface area (Å²) < 4.78 is 27.1. The van der Waals surface area contributed by atoms with Crippen LogP contribution in [0.2, 0.25) is 0 Å². The van der Waals surface area contributed by atoms with E-state index in [9.17, 15) is 8.42 Å². The van der Waals surface area contributed by atoms with Crippen molar-refractivity contribution in [2.45, 2.75) is 44.6 Å². The predicted octanol–water partition coefficient (Wildman–Crippen LogP) is 1.33. The van der Waals surface area contributed by atoms with E-state index in [0.717, 1.165) is 31.6 Å². The van der Waals surface area contributed by atoms with Crippen molar-refractivity contribution in [3.8, 4) is 0 Å². The van der Waals surface area contributed by atoms with Crippen LogP contribution in [-0.2, 0) is 17.1 Å². The van der Waals surface area contributed by atoms with Gasteiger partial charge in [-0.2, -0.15) is 0 Å². The van der Waals surface area contributed by atoms with Crippen molar-refractivity contribution >= 4 is 10.0 Å². The molecule has 2 saturated heterocycles. The molecule has 1 aromatic heterocycles. The SMILES string of the molecule is Cc1cn(C)c([C@H]2CCCN(C3CCN(S(C)(=O)=O)CC3)C2)n1. The molecule has 130 valence electrons. The molecule has 2 aliphatic heterocycles. The molecule has 0 bridgehead atoms. The van der Waals surface area contributed by atoms with E-state index < -0.39 is 10.0 Å². The van der Waals surface area contributed by atoms with Crippen molar-refractivity contribution in [2.75, 3.05) is 32.4 Å². The Hall–Kier alpha value is -0.920. The Bertz CT molecular complexity index is 647. The third kappa shape index (κ3) is 3.78. The molecule has 7 heteroatoms. The number of likely N-dealkylation sites (tertiary alicyclic amines) is 1. The second-order valence-electron chi connectivity index (χ2n) is 7.08. The van der Waals surface area contributed by atoms with Gasteiger partial charge in [0, 0.05) is 44.8 Å². The average molecular weight is 340 g/mol. The highest BCUT2D eigenvalue weighted by Gasteiger charge is 2.32. The van der Waals surface area contributed by atoms with Crippen LogP contribution in [0.25, 0.3) is 0 Å². The summed E-state index contributed by atoms with van der Waals surface area (Å²) in [6, 6.07) is 0.511. The van der Waals surface area contributed by atoms with Gasteiger partial charge in [-0.1, -0.05) is 0 Å². The lowest BCUT2D eigenvalue weighted by Gasteiger charge is -2.41. The Balaban J connectivity index is 1.62. The van der Waals surface area contributed by atoms with Gasteiger partial charge in [-0.25, -0.2) is 17.7 Å². The van der Waals surface area contributed by atoms with Crippen molar-refractivity contribution in [2.24, 2.45) is 7.05 Å². The van der Waals surface area contributed by atoms with Crippen molar-refractivity contribution in [3.63, 3.8) is 0 Å². The predicted molar refractivity (Wildman–Crippen MR) is 90.9 cm³/mol. The maximum Gasteiger partial charge on any atom is 0.211 e. The monoisotopic (exact) mass is 340 g/mol. The number of nitrogens with zero attached hydrogens (tertiary/aromatic N) is 4. The third-order valence-electron chi connectivity index (χ3n) is 5.26. The molecule has 0 aromatic carbocycles. The first-order valence-corrected chi connectivity index (χ1v) is 10.4. The Morgan fingerprint density at radius 2 is 1.87 bits per heavy atom. The van der Waals surface area contributed by atoms with E-state index in [0.29, 0.717) is 25.0 Å². The highest BCUT2D eigenvalue weighted by molar-refractivity contribution is 7.88. The quantitative estimate of drug-likeness (QED) is 0.833. The van der Waals surface area contributed by atoms with Gasteiger partial charge < -0.3 is 4.57 Å². The van der Waals surface area contributed by atoms with E-state index >= 15 is 0 Å². The molecule has 2 aliphatic rings. The number of hydrogen-bond donors (Lipinski definition) is 0. The Morgan fingerprint density at radius 1 is 1.17 bits per heavy atom. The summed E-state index contributed by atoms with van der Waals surface area (Å²) in [6.45, 7) is 5.54. The molecule has 3 heterocycles. The Morgan fingerprint density at radius 3 is 2.43 bits per heavy atom. The molecule has 0 spiro atoms. The molecule has 0 N–H and O–H groups in total. The van der Waals surface area contributed by atoms with E-state index in [1.807, 2.05) is 6.92 Å². The van der Waals surface area contributed by atoms with Crippen molar-refractivity contribution in [1.82, 2.24) is 18.8 Å². The Labute approximate surface area is 139 Å². The first-order valence-electron chi connectivity index (χ1n) is 8.53. The lowest BCUT2D eigenvalue weighted by atomic mass is 9.93. The van der Waals surface area contributed by atoms with Crippen molar-refractivity contribution < 1.29 is 8.42 Å². The van der Waals surface area contributed by atoms with E-state index in [1.54, 1.807) is 4.31 Å². The molecule has 0 amide bonds. The number of aryl methyl sites for hydroxylation is 2. The van der Waals surface area contributed by atoms with Gasteiger partial charge in [-0.05, 0) is 39.2 Å². The topological polar surface area (TPSA) is 58.4 Å². The summed E-state index contributed by atoms with van der Waals surface area (Å²) in [4.78, 5) is 7.27. The second kappa shape index (κ2) is 6.53. The molecule has 0 aliphatic carbocycles. The number of hydrogen-bond acceptors (Lipinski definition) is 4. The summed E-state index contributed by atoms with van der Waals surface area (Å²) in [5, 5.41) is 0. The zero-order chi connectivity index (χ0) is 16.6. The van der Waals surface area contributed by atoms with Gasteiger partial charge in [0.2, 0.25) is 10.0 Å². The second-order valence-corrected chi connectivity index (χ2v) is 9.06. The summed E-state index contributed by atoms with van der Waals surface area (Å²) in [5.41, 5.74) is 1.08. The average Bonchev–Trinajstić information content (AvgIpc) is 2.85. The molecule has 0 saturated carbocycles. The molecule has 0 radical (unpaired) electrons.